The number of nitrogen functional groups attached to an aromatic ring is 1. The Kier molecular flexibility index (Phi) is 3.60. The average Bonchev–Trinajstić information content (AvgIpc) is 2.75. The van der Waals surface area contributed by atoms with Gasteiger partial charge < -0.3 is 10.6 Å². The summed E-state index contributed by atoms with van der Waals surface area (Å²) < 4.78 is 1.92. The third-order valence-corrected chi connectivity index (χ3v) is 3.40. The topological polar surface area (TPSA) is 72.3 Å². The van der Waals surface area contributed by atoms with E-state index in [0.717, 1.165) is 12.5 Å². The first kappa shape index (κ1) is 12.9. The van der Waals surface area contributed by atoms with Crippen molar-refractivity contribution in [2.45, 2.75) is 32.2 Å². The van der Waals surface area contributed by atoms with Crippen molar-refractivity contribution in [3.05, 3.63) is 12.4 Å². The van der Waals surface area contributed by atoms with Gasteiger partial charge in [0.25, 0.3) is 0 Å². The molecule has 3 rings (SSSR count). The number of anilines is 2. The number of piperidine rings is 1. The van der Waals surface area contributed by atoms with Crippen molar-refractivity contribution in [2.24, 2.45) is 0 Å². The molecule has 0 aromatic carbocycles. The summed E-state index contributed by atoms with van der Waals surface area (Å²) in [5.41, 5.74) is 6.42. The Morgan fingerprint density at radius 2 is 2.17 bits per heavy atom. The van der Waals surface area contributed by atoms with E-state index in [1.165, 1.54) is 19.3 Å². The highest BCUT2D eigenvalue weighted by atomic mass is 32.1. The van der Waals surface area contributed by atoms with Crippen molar-refractivity contribution in [2.75, 3.05) is 17.2 Å². The standard InChI is InChI=1S/C11H16N6.H2S/c1-8-4-2-3-6-16(8)11-15-14-10-9(12)13-5-7-17(10)11;/h5,7-8H,2-4,6H2,1H3,(H2,12,13);1H2/t8-;/m0./s1. The highest BCUT2D eigenvalue weighted by Crippen LogP contribution is 2.24. The summed E-state index contributed by atoms with van der Waals surface area (Å²) in [4.78, 5) is 6.32. The molecule has 1 aliphatic heterocycles. The van der Waals surface area contributed by atoms with Crippen LogP contribution in [0.25, 0.3) is 5.65 Å². The minimum atomic E-state index is 0. The Morgan fingerprint density at radius 3 is 2.94 bits per heavy atom. The predicted octanol–water partition coefficient (Wildman–Crippen LogP) is 1.20. The van der Waals surface area contributed by atoms with Crippen LogP contribution in [0.1, 0.15) is 26.2 Å². The Balaban J connectivity index is 0.00000120. The molecule has 2 aromatic heterocycles. The smallest absolute Gasteiger partial charge is 0.232 e. The quantitative estimate of drug-likeness (QED) is 0.839. The molecule has 18 heavy (non-hydrogen) atoms. The normalized spacial score (nSPS) is 19.8. The molecule has 1 aliphatic rings. The molecular formula is C11H18N6S. The van der Waals surface area contributed by atoms with E-state index in [2.05, 4.69) is 27.0 Å². The lowest BCUT2D eigenvalue weighted by atomic mass is 10.0. The molecule has 7 heteroatoms. The van der Waals surface area contributed by atoms with E-state index < -0.39 is 0 Å². The molecule has 0 bridgehead atoms. The molecule has 0 unspecified atom stereocenters. The van der Waals surface area contributed by atoms with Crippen LogP contribution in [0.5, 0.6) is 0 Å². The van der Waals surface area contributed by atoms with Crippen LogP contribution in [0.4, 0.5) is 11.8 Å². The van der Waals surface area contributed by atoms with E-state index in [9.17, 15) is 0 Å². The summed E-state index contributed by atoms with van der Waals surface area (Å²) in [5, 5.41) is 8.36. The van der Waals surface area contributed by atoms with Crippen molar-refractivity contribution in [1.29, 1.82) is 0 Å². The molecule has 0 radical (unpaired) electrons. The van der Waals surface area contributed by atoms with Crippen molar-refractivity contribution in [1.82, 2.24) is 19.6 Å². The summed E-state index contributed by atoms with van der Waals surface area (Å²) in [6.45, 7) is 3.26. The van der Waals surface area contributed by atoms with Crippen molar-refractivity contribution >= 4 is 30.9 Å². The van der Waals surface area contributed by atoms with E-state index in [1.807, 2.05) is 10.6 Å². The first-order valence-corrected chi connectivity index (χ1v) is 5.99. The molecule has 0 spiro atoms. The average molecular weight is 266 g/mol. The molecule has 1 atom stereocenters. The zero-order valence-electron chi connectivity index (χ0n) is 10.4. The summed E-state index contributed by atoms with van der Waals surface area (Å²) in [6, 6.07) is 0.505. The van der Waals surface area contributed by atoms with Gasteiger partial charge in [0.15, 0.2) is 5.82 Å². The molecule has 3 heterocycles. The van der Waals surface area contributed by atoms with Gasteiger partial charge >= 0.3 is 0 Å². The molecule has 98 valence electrons. The van der Waals surface area contributed by atoms with Gasteiger partial charge in [0.05, 0.1) is 0 Å². The molecule has 6 nitrogen and oxygen atoms in total. The largest absolute Gasteiger partial charge is 0.381 e. The maximum absolute atomic E-state index is 5.78. The van der Waals surface area contributed by atoms with Crippen LogP contribution < -0.4 is 10.6 Å². The molecule has 2 aromatic rings. The molecule has 0 saturated carbocycles. The number of aromatic nitrogens is 4. The fraction of sp³-hybridized carbons (Fsp3) is 0.545. The van der Waals surface area contributed by atoms with E-state index in [1.54, 1.807) is 6.20 Å². The van der Waals surface area contributed by atoms with E-state index >= 15 is 0 Å². The monoisotopic (exact) mass is 266 g/mol. The number of nitrogens with zero attached hydrogens (tertiary/aromatic N) is 5. The lowest BCUT2D eigenvalue weighted by molar-refractivity contribution is 0.476. The number of hydrogen-bond acceptors (Lipinski definition) is 5. The molecule has 0 amide bonds. The van der Waals surface area contributed by atoms with Gasteiger partial charge in [0.2, 0.25) is 11.6 Å². The zero-order valence-corrected chi connectivity index (χ0v) is 11.4. The highest BCUT2D eigenvalue weighted by Gasteiger charge is 2.23. The van der Waals surface area contributed by atoms with Gasteiger partial charge in [-0.05, 0) is 26.2 Å². The van der Waals surface area contributed by atoms with Crippen LogP contribution in [0.2, 0.25) is 0 Å². The van der Waals surface area contributed by atoms with Crippen LogP contribution in [0, 0.1) is 0 Å². The number of rotatable bonds is 1. The summed E-state index contributed by atoms with van der Waals surface area (Å²) in [7, 11) is 0. The maximum atomic E-state index is 5.78. The SMILES string of the molecule is C[C@H]1CCCCN1c1nnc2c(N)nccn12.S. The maximum Gasteiger partial charge on any atom is 0.232 e. The summed E-state index contributed by atoms with van der Waals surface area (Å²) >= 11 is 0. The Labute approximate surface area is 113 Å². The van der Waals surface area contributed by atoms with Crippen LogP contribution >= 0.6 is 13.5 Å². The van der Waals surface area contributed by atoms with Crippen LogP contribution in [-0.2, 0) is 0 Å². The third-order valence-electron chi connectivity index (χ3n) is 3.40. The minimum absolute atomic E-state index is 0. The van der Waals surface area contributed by atoms with Crippen molar-refractivity contribution < 1.29 is 0 Å². The minimum Gasteiger partial charge on any atom is -0.381 e. The van der Waals surface area contributed by atoms with Crippen molar-refractivity contribution in [3.8, 4) is 0 Å². The zero-order chi connectivity index (χ0) is 11.8. The molecule has 1 fully saturated rings. The lowest BCUT2D eigenvalue weighted by Gasteiger charge is -2.33. The Morgan fingerprint density at radius 1 is 1.33 bits per heavy atom. The fourth-order valence-corrected chi connectivity index (χ4v) is 2.42. The van der Waals surface area contributed by atoms with Crippen LogP contribution in [0.3, 0.4) is 0 Å². The fourth-order valence-electron chi connectivity index (χ4n) is 2.42. The first-order chi connectivity index (χ1) is 8.27. The molecule has 2 N–H and O–H groups in total. The number of fused-ring (bicyclic) bond motifs is 1. The Bertz CT molecular complexity index is 539. The molecular weight excluding hydrogens is 248 g/mol. The number of hydrogen-bond donors (Lipinski definition) is 1. The van der Waals surface area contributed by atoms with Gasteiger partial charge in [-0.1, -0.05) is 0 Å². The van der Waals surface area contributed by atoms with Gasteiger partial charge in [-0.15, -0.1) is 10.2 Å². The van der Waals surface area contributed by atoms with Gasteiger partial charge in [0, 0.05) is 25.0 Å². The van der Waals surface area contributed by atoms with E-state index in [-0.39, 0.29) is 13.5 Å². The third kappa shape index (κ3) is 1.98. The van der Waals surface area contributed by atoms with E-state index in [4.69, 9.17) is 5.73 Å². The van der Waals surface area contributed by atoms with Gasteiger partial charge in [0.1, 0.15) is 0 Å². The summed E-state index contributed by atoms with van der Waals surface area (Å²) in [6.07, 6.45) is 7.25. The van der Waals surface area contributed by atoms with Gasteiger partial charge in [-0.3, -0.25) is 4.40 Å². The second kappa shape index (κ2) is 5.01. The predicted molar refractivity (Wildman–Crippen MR) is 76.2 cm³/mol. The van der Waals surface area contributed by atoms with Crippen LogP contribution in [0.15, 0.2) is 12.4 Å². The molecule has 1 saturated heterocycles. The lowest BCUT2D eigenvalue weighted by Crippen LogP contribution is -2.38. The second-order valence-corrected chi connectivity index (χ2v) is 4.54. The highest BCUT2D eigenvalue weighted by molar-refractivity contribution is 7.59. The summed E-state index contributed by atoms with van der Waals surface area (Å²) in [5.74, 6) is 1.30. The van der Waals surface area contributed by atoms with Gasteiger partial charge in [-0.2, -0.15) is 13.5 Å². The second-order valence-electron chi connectivity index (χ2n) is 4.54. The van der Waals surface area contributed by atoms with E-state index in [0.29, 0.717) is 17.5 Å². The van der Waals surface area contributed by atoms with Gasteiger partial charge in [-0.25, -0.2) is 4.98 Å². The van der Waals surface area contributed by atoms with Crippen molar-refractivity contribution in [3.63, 3.8) is 0 Å². The number of nitrogens with two attached hydrogens (primary N) is 1. The first-order valence-electron chi connectivity index (χ1n) is 5.99. The molecule has 0 aliphatic carbocycles. The Hall–Kier alpha value is -1.50. The van der Waals surface area contributed by atoms with Crippen LogP contribution in [-0.4, -0.2) is 32.2 Å².